The summed E-state index contributed by atoms with van der Waals surface area (Å²) in [6.45, 7) is 7.78. The highest BCUT2D eigenvalue weighted by atomic mass is 32.2. The quantitative estimate of drug-likeness (QED) is 0.561. The van der Waals surface area contributed by atoms with Gasteiger partial charge in [-0.3, -0.25) is 14.1 Å². The number of nitrogens with one attached hydrogen (secondary N) is 1. The number of hydrogen-bond donors (Lipinski definition) is 1. The molecule has 1 aliphatic heterocycles. The van der Waals surface area contributed by atoms with Gasteiger partial charge in [-0.1, -0.05) is 60.2 Å². The van der Waals surface area contributed by atoms with E-state index in [-0.39, 0.29) is 0 Å². The van der Waals surface area contributed by atoms with Gasteiger partial charge in [0.25, 0.3) is 0 Å². The first-order valence-corrected chi connectivity index (χ1v) is 11.8. The summed E-state index contributed by atoms with van der Waals surface area (Å²) in [5, 5.41) is 3.39. The third-order valence-electron chi connectivity index (χ3n) is 5.16. The minimum absolute atomic E-state index is 0.610. The molecule has 6 heteroatoms. The Morgan fingerprint density at radius 2 is 1.76 bits per heavy atom. The van der Waals surface area contributed by atoms with E-state index in [2.05, 4.69) is 51.3 Å². The average molecular weight is 413 g/mol. The van der Waals surface area contributed by atoms with E-state index in [0.717, 1.165) is 44.2 Å². The molecule has 29 heavy (non-hydrogen) atoms. The first-order chi connectivity index (χ1) is 14.1. The molecule has 1 unspecified atom stereocenters. The van der Waals surface area contributed by atoms with Crippen LogP contribution < -0.4 is 5.32 Å². The molecular formula is C23H32N4OS. The summed E-state index contributed by atoms with van der Waals surface area (Å²) in [5.41, 5.74) is 3.82. The summed E-state index contributed by atoms with van der Waals surface area (Å²) in [6.07, 6.45) is 0. The van der Waals surface area contributed by atoms with Crippen molar-refractivity contribution in [3.8, 4) is 0 Å². The maximum atomic E-state index is 12.3. The van der Waals surface area contributed by atoms with E-state index in [9.17, 15) is 4.21 Å². The Bertz CT molecular complexity index is 817. The lowest BCUT2D eigenvalue weighted by Gasteiger charge is -2.36. The lowest BCUT2D eigenvalue weighted by atomic mass is 10.1. The van der Waals surface area contributed by atoms with Crippen LogP contribution in [-0.2, 0) is 23.1 Å². The monoisotopic (exact) mass is 412 g/mol. The van der Waals surface area contributed by atoms with Gasteiger partial charge in [-0.05, 0) is 18.1 Å². The van der Waals surface area contributed by atoms with Crippen LogP contribution in [0.3, 0.4) is 0 Å². The van der Waals surface area contributed by atoms with Crippen LogP contribution >= 0.6 is 0 Å². The number of nitrogens with zero attached hydrogens (tertiary/aromatic N) is 3. The van der Waals surface area contributed by atoms with Crippen molar-refractivity contribution < 1.29 is 4.21 Å². The number of guanidine groups is 1. The lowest BCUT2D eigenvalue weighted by molar-refractivity contribution is 0.172. The van der Waals surface area contributed by atoms with Crippen molar-refractivity contribution in [2.75, 3.05) is 45.5 Å². The summed E-state index contributed by atoms with van der Waals surface area (Å²) >= 11 is 0. The van der Waals surface area contributed by atoms with Gasteiger partial charge in [-0.25, -0.2) is 0 Å². The molecule has 156 valence electrons. The van der Waals surface area contributed by atoms with Crippen LogP contribution in [0.2, 0.25) is 0 Å². The topological polar surface area (TPSA) is 47.9 Å². The highest BCUT2D eigenvalue weighted by molar-refractivity contribution is 7.84. The molecule has 1 fully saturated rings. The van der Waals surface area contributed by atoms with E-state index < -0.39 is 10.8 Å². The molecule has 0 amide bonds. The number of aryl methyl sites for hydroxylation is 1. The molecule has 1 aliphatic rings. The highest BCUT2D eigenvalue weighted by Gasteiger charge is 2.19. The Hall–Kier alpha value is -2.18. The Balaban J connectivity index is 1.39. The normalized spacial score (nSPS) is 16.6. The fourth-order valence-corrected chi connectivity index (χ4v) is 4.67. The van der Waals surface area contributed by atoms with Gasteiger partial charge in [0.15, 0.2) is 5.96 Å². The summed E-state index contributed by atoms with van der Waals surface area (Å²) in [7, 11) is 0.953. The number of benzene rings is 2. The minimum atomic E-state index is -0.869. The zero-order chi connectivity index (χ0) is 20.5. The van der Waals surface area contributed by atoms with Gasteiger partial charge in [0.2, 0.25) is 0 Å². The number of hydrogen-bond acceptors (Lipinski definition) is 3. The number of aliphatic imine (C=N–C) groups is 1. The zero-order valence-electron chi connectivity index (χ0n) is 17.5. The van der Waals surface area contributed by atoms with Gasteiger partial charge < -0.3 is 10.2 Å². The highest BCUT2D eigenvalue weighted by Crippen LogP contribution is 2.10. The number of piperazine rings is 1. The molecule has 0 spiro atoms. The van der Waals surface area contributed by atoms with Crippen LogP contribution in [0.4, 0.5) is 0 Å². The van der Waals surface area contributed by atoms with Crippen molar-refractivity contribution >= 4 is 16.8 Å². The minimum Gasteiger partial charge on any atom is -0.355 e. The molecule has 1 saturated heterocycles. The van der Waals surface area contributed by atoms with Crippen LogP contribution in [0.5, 0.6) is 0 Å². The second-order valence-corrected chi connectivity index (χ2v) is 9.08. The SMILES string of the molecule is CN=C(NCCS(=O)Cc1ccccc1)N1CCN(Cc2cccc(C)c2)CC1. The van der Waals surface area contributed by atoms with Gasteiger partial charge in [0, 0.05) is 68.6 Å². The molecular weight excluding hydrogens is 380 g/mol. The summed E-state index contributed by atoms with van der Waals surface area (Å²) in [4.78, 5) is 9.22. The van der Waals surface area contributed by atoms with Crippen LogP contribution in [0.1, 0.15) is 16.7 Å². The fraction of sp³-hybridized carbons (Fsp3) is 0.435. The van der Waals surface area contributed by atoms with E-state index in [1.54, 1.807) is 0 Å². The molecule has 3 rings (SSSR count). The van der Waals surface area contributed by atoms with Crippen LogP contribution in [-0.4, -0.2) is 65.5 Å². The van der Waals surface area contributed by atoms with E-state index in [1.807, 2.05) is 37.4 Å². The van der Waals surface area contributed by atoms with Gasteiger partial charge >= 0.3 is 0 Å². The predicted molar refractivity (Wildman–Crippen MR) is 123 cm³/mol. The summed E-state index contributed by atoms with van der Waals surface area (Å²) in [5.74, 6) is 2.15. The average Bonchev–Trinajstić information content (AvgIpc) is 2.73. The second-order valence-electron chi connectivity index (χ2n) is 7.50. The molecule has 2 aromatic rings. The maximum Gasteiger partial charge on any atom is 0.193 e. The van der Waals surface area contributed by atoms with E-state index >= 15 is 0 Å². The van der Waals surface area contributed by atoms with Crippen LogP contribution in [0.15, 0.2) is 59.6 Å². The Kier molecular flexibility index (Phi) is 8.25. The molecule has 0 radical (unpaired) electrons. The van der Waals surface area contributed by atoms with Crippen LogP contribution in [0, 0.1) is 6.92 Å². The third kappa shape index (κ3) is 6.98. The van der Waals surface area contributed by atoms with Crippen molar-refractivity contribution in [2.45, 2.75) is 19.2 Å². The van der Waals surface area contributed by atoms with Crippen LogP contribution in [0.25, 0.3) is 0 Å². The summed E-state index contributed by atoms with van der Waals surface area (Å²) in [6, 6.07) is 18.8. The molecule has 1 atom stereocenters. The Morgan fingerprint density at radius 3 is 2.45 bits per heavy atom. The Labute approximate surface area is 177 Å². The van der Waals surface area contributed by atoms with Crippen molar-refractivity contribution in [1.29, 1.82) is 0 Å². The van der Waals surface area contributed by atoms with E-state index in [4.69, 9.17) is 0 Å². The molecule has 0 aromatic heterocycles. The molecule has 0 saturated carbocycles. The van der Waals surface area contributed by atoms with Gasteiger partial charge in [-0.15, -0.1) is 0 Å². The van der Waals surface area contributed by atoms with Crippen molar-refractivity contribution in [3.63, 3.8) is 0 Å². The number of rotatable bonds is 7. The Morgan fingerprint density at radius 1 is 1.03 bits per heavy atom. The largest absolute Gasteiger partial charge is 0.355 e. The molecule has 0 aliphatic carbocycles. The lowest BCUT2D eigenvalue weighted by Crippen LogP contribution is -2.52. The van der Waals surface area contributed by atoms with Gasteiger partial charge in [0.1, 0.15) is 0 Å². The fourth-order valence-electron chi connectivity index (χ4n) is 3.63. The first-order valence-electron chi connectivity index (χ1n) is 10.3. The summed E-state index contributed by atoms with van der Waals surface area (Å²) < 4.78 is 12.3. The standard InChI is InChI=1S/C23H32N4OS/c1-20-7-6-10-22(17-20)18-26-12-14-27(15-13-26)23(24-2)25-11-16-29(28)19-21-8-4-3-5-9-21/h3-10,17H,11-16,18-19H2,1-2H3,(H,24,25). The second kappa shape index (κ2) is 11.1. The molecule has 5 nitrogen and oxygen atoms in total. The van der Waals surface area contributed by atoms with Crippen molar-refractivity contribution in [2.24, 2.45) is 4.99 Å². The molecule has 1 N–H and O–H groups in total. The van der Waals surface area contributed by atoms with Gasteiger partial charge in [0.05, 0.1) is 0 Å². The molecule has 0 bridgehead atoms. The third-order valence-corrected chi connectivity index (χ3v) is 6.47. The molecule has 1 heterocycles. The first kappa shape index (κ1) is 21.5. The van der Waals surface area contributed by atoms with Gasteiger partial charge in [-0.2, -0.15) is 0 Å². The smallest absolute Gasteiger partial charge is 0.193 e. The maximum absolute atomic E-state index is 12.3. The van der Waals surface area contributed by atoms with E-state index in [0.29, 0.717) is 18.1 Å². The zero-order valence-corrected chi connectivity index (χ0v) is 18.3. The van der Waals surface area contributed by atoms with E-state index in [1.165, 1.54) is 11.1 Å². The predicted octanol–water partition coefficient (Wildman–Crippen LogP) is 2.64. The van der Waals surface area contributed by atoms with Crippen molar-refractivity contribution in [3.05, 3.63) is 71.3 Å². The molecule has 2 aromatic carbocycles. The van der Waals surface area contributed by atoms with Crippen molar-refractivity contribution in [1.82, 2.24) is 15.1 Å².